The van der Waals surface area contributed by atoms with Gasteiger partial charge >= 0.3 is 0 Å². The predicted octanol–water partition coefficient (Wildman–Crippen LogP) is 33.5. The highest BCUT2D eigenvalue weighted by atomic mass is 15.2. The number of aromatic nitrogens is 14. The molecule has 32 aromatic rings. The molecule has 0 aliphatic heterocycles. The zero-order valence-electron chi connectivity index (χ0n) is 79.4. The quantitative estimate of drug-likeness (QED) is 0.113. The van der Waals surface area contributed by atoms with Gasteiger partial charge in [-0.2, -0.15) is 19.9 Å². The first-order valence-electron chi connectivity index (χ1n) is 50.3. The zero-order valence-corrected chi connectivity index (χ0v) is 79.4. The minimum absolute atomic E-state index is 0.474. The van der Waals surface area contributed by atoms with Crippen molar-refractivity contribution in [2.45, 2.75) is 0 Å². The topological polar surface area (TPSA) is 117 Å². The second-order valence-electron chi connectivity index (χ2n) is 38.8. The molecule has 0 atom stereocenters. The van der Waals surface area contributed by atoms with Gasteiger partial charge in [0.2, 0.25) is 11.9 Å². The predicted molar refractivity (Wildman–Crippen MR) is 610 cm³/mol. The molecular weight excluding hydrogens is 1810 g/mol. The minimum Gasteiger partial charge on any atom is -0.309 e. The Morgan fingerprint density at radius 2 is 0.372 bits per heavy atom. The van der Waals surface area contributed by atoms with Gasteiger partial charge in [0, 0.05) is 143 Å². The third kappa shape index (κ3) is 12.0. The van der Waals surface area contributed by atoms with Crippen LogP contribution < -0.4 is 0 Å². The maximum absolute atomic E-state index is 5.89. The largest absolute Gasteiger partial charge is 0.309 e. The Kier molecular flexibility index (Phi) is 17.4. The van der Waals surface area contributed by atoms with E-state index < -0.39 is 0 Å². The molecule has 0 fully saturated rings. The first-order chi connectivity index (χ1) is 73.4. The number of benzene rings is 22. The van der Waals surface area contributed by atoms with E-state index in [9.17, 15) is 0 Å². The summed E-state index contributed by atoms with van der Waals surface area (Å²) in [7, 11) is 0. The highest BCUT2D eigenvalue weighted by Gasteiger charge is 2.31. The van der Waals surface area contributed by atoms with Crippen molar-refractivity contribution in [3.63, 3.8) is 0 Å². The second-order valence-corrected chi connectivity index (χ2v) is 38.8. The molecule has 14 heteroatoms. The highest BCUT2D eigenvalue weighted by molar-refractivity contribution is 6.27. The van der Waals surface area contributed by atoms with E-state index in [0.29, 0.717) is 35.2 Å². The van der Waals surface area contributed by atoms with Gasteiger partial charge in [0.05, 0.1) is 88.3 Å². The second kappa shape index (κ2) is 31.6. The van der Waals surface area contributed by atoms with Crippen LogP contribution in [0.25, 0.3) is 299 Å². The lowest BCUT2D eigenvalue weighted by molar-refractivity contribution is 0.953. The van der Waals surface area contributed by atoms with Gasteiger partial charge in [-0.3, -0.25) is 9.13 Å². The van der Waals surface area contributed by atoms with Gasteiger partial charge in [-0.05, 0) is 184 Å². The van der Waals surface area contributed by atoms with Gasteiger partial charge in [-0.15, -0.1) is 0 Å². The van der Waals surface area contributed by atoms with Gasteiger partial charge in [-0.1, -0.05) is 334 Å². The highest BCUT2D eigenvalue weighted by Crippen LogP contribution is 2.50. The van der Waals surface area contributed by atoms with Crippen LogP contribution >= 0.6 is 0 Å². The van der Waals surface area contributed by atoms with Crippen LogP contribution in [0, 0.1) is 0 Å². The summed E-state index contributed by atoms with van der Waals surface area (Å²) in [5.41, 5.74) is 28.8. The van der Waals surface area contributed by atoms with Crippen molar-refractivity contribution >= 4 is 196 Å². The molecule has 10 heterocycles. The maximum Gasteiger partial charge on any atom is 0.238 e. The average Bonchev–Trinajstić information content (AvgIpc) is 1.54. The van der Waals surface area contributed by atoms with Gasteiger partial charge in [0.25, 0.3) is 0 Å². The number of hydrogen-bond donors (Lipinski definition) is 0. The van der Waals surface area contributed by atoms with Gasteiger partial charge < -0.3 is 27.4 Å². The lowest BCUT2D eigenvalue weighted by Gasteiger charge is -2.14. The Labute approximate surface area is 844 Å². The average molecular weight is 1890 g/mol. The number of nitrogens with zero attached hydrogens (tertiary/aromatic N) is 14. The fraction of sp³-hybridized carbons (Fsp3) is 0. The first kappa shape index (κ1) is 81.5. The van der Waals surface area contributed by atoms with Crippen molar-refractivity contribution in [2.75, 3.05) is 0 Å². The monoisotopic (exact) mass is 1880 g/mol. The standard InChI is InChI=1S/C134H80N14/c1-4-34-83(35-5-1)129-135-130(138-133(137-129)147-123-74-65-89(145-118-60-28-20-49-98(118)103-69-67-101-96-47-18-26-58-116(96)143(125(101)127(103)145)85-38-6-2-7-39-85)79-111(123)112-80-90(66-75-124(112)147)146-119-61-29-21-50-99(119)104-70-68-102-97-48-19-27-59-117(97)144(126(102)128(104)146)86-40-8-3-9-41-86)105-52-15-14-44-93(105)84-62-71-120-108(76-84)100-51-22-25-57-115(100)142(120)88-64-73-122-110(78-88)109-77-87(141-113-55-23-16-45-94(113)95-46-17-24-56-114(95)141)63-72-121(109)148(122)134-139-131(106-53-30-36-81-32-10-12-42-91(81)106)136-132(140-134)107-54-31-37-82-33-11-13-43-92(82)107/h1-80H. The van der Waals surface area contributed by atoms with Crippen LogP contribution in [0.2, 0.25) is 0 Å². The SMILES string of the molecule is c1ccc(-c2nc(-c3ccccc3-c3ccc4c(c3)c3ccccc3n4-c3ccc4c(c3)c3cc(-n5c6ccccc6c6ccccc65)ccc3n4-c3nc(-c4cccc5ccccc45)nc(-c4cccc5ccccc45)n3)nc(-n3c4ccc(-n5c6ccccc6c6ccc7c8ccccc8n(-c8ccccc8)c7c65)cc4c4cc(-n5c6ccccc6c6ccc7c8ccccc8n(-c8ccccc8)c7c65)ccc43)n2)cc1. The third-order valence-electron chi connectivity index (χ3n) is 30.9. The molecule has 0 unspecified atom stereocenters. The molecule has 0 aliphatic rings. The summed E-state index contributed by atoms with van der Waals surface area (Å²) < 4.78 is 19.3. The molecule has 148 heavy (non-hydrogen) atoms. The van der Waals surface area contributed by atoms with Crippen LogP contribution in [-0.4, -0.2) is 66.4 Å². The summed E-state index contributed by atoms with van der Waals surface area (Å²) in [5, 5.41) is 22.4. The molecule has 0 saturated heterocycles. The summed E-state index contributed by atoms with van der Waals surface area (Å²) in [5.74, 6) is 3.20. The fourth-order valence-electron chi connectivity index (χ4n) is 24.6. The molecule has 0 aliphatic carbocycles. The van der Waals surface area contributed by atoms with Crippen molar-refractivity contribution in [3.05, 3.63) is 485 Å². The lowest BCUT2D eigenvalue weighted by Crippen LogP contribution is -2.07. The van der Waals surface area contributed by atoms with E-state index in [-0.39, 0.29) is 0 Å². The molecule has 32 rings (SSSR count). The summed E-state index contributed by atoms with van der Waals surface area (Å²) in [6.45, 7) is 0. The number of fused-ring (bicyclic) bond motifs is 28. The van der Waals surface area contributed by atoms with E-state index in [1.807, 2.05) is 0 Å². The van der Waals surface area contributed by atoms with E-state index in [4.69, 9.17) is 29.9 Å². The Hall–Kier alpha value is -20.2. The molecule has 0 bridgehead atoms. The van der Waals surface area contributed by atoms with Crippen LogP contribution in [0.4, 0.5) is 0 Å². The lowest BCUT2D eigenvalue weighted by atomic mass is 9.97. The molecule has 14 nitrogen and oxygen atoms in total. The van der Waals surface area contributed by atoms with E-state index in [2.05, 4.69) is 522 Å². The molecule has 686 valence electrons. The molecule has 0 radical (unpaired) electrons. The summed E-state index contributed by atoms with van der Waals surface area (Å²) >= 11 is 0. The fourth-order valence-corrected chi connectivity index (χ4v) is 24.6. The Morgan fingerprint density at radius 1 is 0.122 bits per heavy atom. The van der Waals surface area contributed by atoms with E-state index in [1.165, 1.54) is 32.3 Å². The van der Waals surface area contributed by atoms with E-state index in [1.54, 1.807) is 0 Å². The molecule has 0 saturated carbocycles. The van der Waals surface area contributed by atoms with Crippen LogP contribution in [0.3, 0.4) is 0 Å². The Bertz CT molecular complexity index is 10900. The Morgan fingerprint density at radius 3 is 0.764 bits per heavy atom. The summed E-state index contributed by atoms with van der Waals surface area (Å²) in [6.07, 6.45) is 0. The smallest absolute Gasteiger partial charge is 0.238 e. The molecule has 0 spiro atoms. The zero-order chi connectivity index (χ0) is 96.6. The van der Waals surface area contributed by atoms with Crippen LogP contribution in [0.5, 0.6) is 0 Å². The number of para-hydroxylation sites is 9. The van der Waals surface area contributed by atoms with Crippen molar-refractivity contribution in [1.29, 1.82) is 0 Å². The van der Waals surface area contributed by atoms with Gasteiger partial charge in [-0.25, -0.2) is 9.97 Å². The maximum atomic E-state index is 5.89. The number of rotatable bonds is 13. The number of hydrogen-bond acceptors (Lipinski definition) is 6. The van der Waals surface area contributed by atoms with E-state index >= 15 is 0 Å². The summed E-state index contributed by atoms with van der Waals surface area (Å²) in [6, 6.07) is 176. The van der Waals surface area contributed by atoms with Crippen molar-refractivity contribution in [1.82, 2.24) is 66.4 Å². The molecular formula is C134H80N14. The normalized spacial score (nSPS) is 12.2. The van der Waals surface area contributed by atoms with E-state index in [0.717, 1.165) is 231 Å². The third-order valence-corrected chi connectivity index (χ3v) is 30.9. The van der Waals surface area contributed by atoms with Crippen LogP contribution in [0.1, 0.15) is 0 Å². The molecule has 0 N–H and O–H groups in total. The summed E-state index contributed by atoms with van der Waals surface area (Å²) in [4.78, 5) is 34.0. The van der Waals surface area contributed by atoms with Crippen molar-refractivity contribution in [2.24, 2.45) is 0 Å². The molecule has 0 amide bonds. The van der Waals surface area contributed by atoms with Crippen LogP contribution in [0.15, 0.2) is 485 Å². The van der Waals surface area contributed by atoms with Gasteiger partial charge in [0.1, 0.15) is 0 Å². The minimum atomic E-state index is 0.474. The first-order valence-corrected chi connectivity index (χ1v) is 50.3. The Balaban J connectivity index is 0.597. The molecule has 22 aromatic carbocycles. The van der Waals surface area contributed by atoms with Gasteiger partial charge in [0.15, 0.2) is 23.3 Å². The van der Waals surface area contributed by atoms with Crippen LogP contribution in [-0.2, 0) is 0 Å². The molecule has 10 aromatic heterocycles. The van der Waals surface area contributed by atoms with Crippen molar-refractivity contribution in [3.8, 4) is 103 Å². The van der Waals surface area contributed by atoms with Crippen molar-refractivity contribution < 1.29 is 0 Å².